The molecule has 0 saturated carbocycles. The zero-order chi connectivity index (χ0) is 24.4. The highest BCUT2D eigenvalue weighted by Gasteiger charge is 2.43. The van der Waals surface area contributed by atoms with E-state index < -0.39 is 12.0 Å². The second-order valence-corrected chi connectivity index (χ2v) is 7.95. The van der Waals surface area contributed by atoms with Gasteiger partial charge in [-0.25, -0.2) is 4.79 Å². The van der Waals surface area contributed by atoms with Crippen molar-refractivity contribution < 1.29 is 19.1 Å². The fraction of sp³-hybridized carbons (Fsp3) is 0.185. The second-order valence-electron chi connectivity index (χ2n) is 7.95. The minimum Gasteiger partial charge on any atom is -0.494 e. The van der Waals surface area contributed by atoms with E-state index in [4.69, 9.17) is 9.47 Å². The van der Waals surface area contributed by atoms with Gasteiger partial charge in [0.2, 0.25) is 0 Å². The third-order valence-corrected chi connectivity index (χ3v) is 5.86. The molecule has 0 spiro atoms. The van der Waals surface area contributed by atoms with Crippen LogP contribution in [0.2, 0.25) is 0 Å². The zero-order valence-electron chi connectivity index (χ0n) is 19.4. The molecule has 176 valence electrons. The highest BCUT2D eigenvalue weighted by atomic mass is 16.5. The number of nitrogens with zero attached hydrogens (tertiary/aromatic N) is 3. The Kier molecular flexibility index (Phi) is 6.01. The molecule has 1 aliphatic rings. The van der Waals surface area contributed by atoms with Gasteiger partial charge in [-0.05, 0) is 74.0 Å². The van der Waals surface area contributed by atoms with Crippen LogP contribution in [0.15, 0.2) is 73.1 Å². The summed E-state index contributed by atoms with van der Waals surface area (Å²) in [6.45, 7) is 4.58. The molecule has 5 rings (SSSR count). The van der Waals surface area contributed by atoms with Crippen LogP contribution in [0, 0.1) is 0 Å². The number of H-pyrrole nitrogens is 1. The lowest BCUT2D eigenvalue weighted by Gasteiger charge is -2.26. The average molecular weight is 469 g/mol. The Labute approximate surface area is 202 Å². The molecule has 8 heteroatoms. The standard InChI is InChI=1S/C27H24N4O4/c1-3-34-21-13-9-17(10-14-21)23-22-24(30-29-23)26(32)31(25(22)19-6-5-15-28-16-19)20-11-7-18(8-12-20)27(33)35-4-2/h5-16,25H,3-4H2,1-2H3,(H,29,30)/t25-/m0/s1. The van der Waals surface area contributed by atoms with E-state index in [1.807, 2.05) is 43.3 Å². The third-order valence-electron chi connectivity index (χ3n) is 5.86. The molecule has 2 aromatic carbocycles. The van der Waals surface area contributed by atoms with Gasteiger partial charge in [0.1, 0.15) is 11.4 Å². The molecule has 1 amide bonds. The van der Waals surface area contributed by atoms with Gasteiger partial charge < -0.3 is 9.47 Å². The largest absolute Gasteiger partial charge is 0.494 e. The number of rotatable bonds is 7. The fourth-order valence-corrected chi connectivity index (χ4v) is 4.33. The predicted octanol–water partition coefficient (Wildman–Crippen LogP) is 4.80. The number of aromatic amines is 1. The van der Waals surface area contributed by atoms with Crippen LogP contribution >= 0.6 is 0 Å². The first kappa shape index (κ1) is 22.3. The van der Waals surface area contributed by atoms with E-state index in [1.165, 1.54) is 0 Å². The van der Waals surface area contributed by atoms with E-state index in [1.54, 1.807) is 48.5 Å². The number of anilines is 1. The van der Waals surface area contributed by atoms with Crippen molar-refractivity contribution in [3.63, 3.8) is 0 Å². The number of esters is 1. The number of carbonyl (C=O) groups is 2. The van der Waals surface area contributed by atoms with Crippen LogP contribution in [0.5, 0.6) is 5.75 Å². The summed E-state index contributed by atoms with van der Waals surface area (Å²) < 4.78 is 10.6. The molecule has 1 N–H and O–H groups in total. The zero-order valence-corrected chi connectivity index (χ0v) is 19.4. The van der Waals surface area contributed by atoms with Crippen LogP contribution in [0.3, 0.4) is 0 Å². The molecular weight excluding hydrogens is 444 g/mol. The van der Waals surface area contributed by atoms with E-state index in [-0.39, 0.29) is 5.91 Å². The van der Waals surface area contributed by atoms with Crippen LogP contribution in [0.4, 0.5) is 5.69 Å². The molecular formula is C27H24N4O4. The molecule has 8 nitrogen and oxygen atoms in total. The van der Waals surface area contributed by atoms with Crippen LogP contribution < -0.4 is 9.64 Å². The van der Waals surface area contributed by atoms with Crippen molar-refractivity contribution in [2.75, 3.05) is 18.1 Å². The van der Waals surface area contributed by atoms with Crippen molar-refractivity contribution in [3.05, 3.63) is 95.4 Å². The number of ether oxygens (including phenoxy) is 2. The van der Waals surface area contributed by atoms with Gasteiger partial charge in [0.05, 0.1) is 30.5 Å². The van der Waals surface area contributed by atoms with Gasteiger partial charge in [0, 0.05) is 29.2 Å². The summed E-state index contributed by atoms with van der Waals surface area (Å²) in [4.78, 5) is 31.7. The lowest BCUT2D eigenvalue weighted by Crippen LogP contribution is -2.29. The average Bonchev–Trinajstić information content (AvgIpc) is 3.44. The van der Waals surface area contributed by atoms with Crippen molar-refractivity contribution in [1.29, 1.82) is 0 Å². The van der Waals surface area contributed by atoms with E-state index in [0.717, 1.165) is 22.4 Å². The van der Waals surface area contributed by atoms with Gasteiger partial charge >= 0.3 is 5.97 Å². The van der Waals surface area contributed by atoms with Crippen LogP contribution in [-0.2, 0) is 4.74 Å². The topological polar surface area (TPSA) is 97.4 Å². The summed E-state index contributed by atoms with van der Waals surface area (Å²) in [5, 5.41) is 7.45. The molecule has 1 atom stereocenters. The minimum atomic E-state index is -0.444. The summed E-state index contributed by atoms with van der Waals surface area (Å²) in [6, 6.07) is 17.8. The number of fused-ring (bicyclic) bond motifs is 1. The van der Waals surface area contributed by atoms with Gasteiger partial charge in [-0.3, -0.25) is 19.8 Å². The van der Waals surface area contributed by atoms with E-state index in [0.29, 0.717) is 35.9 Å². The lowest BCUT2D eigenvalue weighted by atomic mass is 9.97. The maximum Gasteiger partial charge on any atom is 0.338 e. The number of carbonyl (C=O) groups excluding carboxylic acids is 2. The summed E-state index contributed by atoms with van der Waals surface area (Å²) in [5.74, 6) is 0.164. The van der Waals surface area contributed by atoms with Gasteiger partial charge in [0.15, 0.2) is 0 Å². The van der Waals surface area contributed by atoms with E-state index in [9.17, 15) is 9.59 Å². The van der Waals surface area contributed by atoms with Crippen molar-refractivity contribution >= 4 is 17.6 Å². The molecule has 0 unspecified atom stereocenters. The molecule has 0 aliphatic carbocycles. The highest BCUT2D eigenvalue weighted by Crippen LogP contribution is 2.45. The minimum absolute atomic E-state index is 0.206. The molecule has 4 aromatic rings. The second kappa shape index (κ2) is 9.42. The Morgan fingerprint density at radius 1 is 1.03 bits per heavy atom. The Morgan fingerprint density at radius 3 is 2.46 bits per heavy atom. The normalized spacial score (nSPS) is 14.6. The number of amides is 1. The van der Waals surface area contributed by atoms with Gasteiger partial charge in [-0.2, -0.15) is 5.10 Å². The Bertz CT molecular complexity index is 1350. The number of benzene rings is 2. The molecule has 0 radical (unpaired) electrons. The maximum atomic E-state index is 13.6. The van der Waals surface area contributed by atoms with Crippen molar-refractivity contribution in [1.82, 2.24) is 15.2 Å². The summed E-state index contributed by atoms with van der Waals surface area (Å²) in [6.07, 6.45) is 3.45. The van der Waals surface area contributed by atoms with Gasteiger partial charge in [-0.15, -0.1) is 0 Å². The molecule has 35 heavy (non-hydrogen) atoms. The number of pyridine rings is 1. The van der Waals surface area contributed by atoms with Gasteiger partial charge in [0.25, 0.3) is 5.91 Å². The smallest absolute Gasteiger partial charge is 0.338 e. The van der Waals surface area contributed by atoms with E-state index in [2.05, 4.69) is 15.2 Å². The molecule has 0 fully saturated rings. The molecule has 0 bridgehead atoms. The van der Waals surface area contributed by atoms with Crippen molar-refractivity contribution in [2.24, 2.45) is 0 Å². The molecule has 0 saturated heterocycles. The SMILES string of the molecule is CCOC(=O)c1ccc(N2C(=O)c3[nH]nc(-c4ccc(OCC)cc4)c3[C@@H]2c2cccnc2)cc1. The number of nitrogens with one attached hydrogen (secondary N) is 1. The molecule has 1 aliphatic heterocycles. The van der Waals surface area contributed by atoms with E-state index >= 15 is 0 Å². The van der Waals surface area contributed by atoms with Crippen LogP contribution in [-0.4, -0.2) is 40.3 Å². The van der Waals surface area contributed by atoms with Crippen molar-refractivity contribution in [3.8, 4) is 17.0 Å². The first-order valence-electron chi connectivity index (χ1n) is 11.4. The highest BCUT2D eigenvalue weighted by molar-refractivity contribution is 6.11. The first-order valence-corrected chi connectivity index (χ1v) is 11.4. The first-order chi connectivity index (χ1) is 17.1. The number of hydrogen-bond donors (Lipinski definition) is 1. The maximum absolute atomic E-state index is 13.6. The van der Waals surface area contributed by atoms with Crippen molar-refractivity contribution in [2.45, 2.75) is 19.9 Å². The van der Waals surface area contributed by atoms with Crippen LogP contribution in [0.1, 0.15) is 51.9 Å². The lowest BCUT2D eigenvalue weighted by molar-refractivity contribution is 0.0526. The monoisotopic (exact) mass is 468 g/mol. The summed E-state index contributed by atoms with van der Waals surface area (Å²) in [7, 11) is 0. The fourth-order valence-electron chi connectivity index (χ4n) is 4.33. The quantitative estimate of drug-likeness (QED) is 0.392. The summed E-state index contributed by atoms with van der Waals surface area (Å²) in [5.41, 5.74) is 4.69. The Morgan fingerprint density at radius 2 is 1.80 bits per heavy atom. The Hall–Kier alpha value is -4.46. The van der Waals surface area contributed by atoms with Gasteiger partial charge in [-0.1, -0.05) is 6.07 Å². The Balaban J connectivity index is 1.58. The number of aromatic nitrogens is 3. The molecule has 2 aromatic heterocycles. The summed E-state index contributed by atoms with van der Waals surface area (Å²) >= 11 is 0. The molecule has 3 heterocycles. The van der Waals surface area contributed by atoms with Crippen LogP contribution in [0.25, 0.3) is 11.3 Å². The third kappa shape index (κ3) is 4.03. The number of hydrogen-bond acceptors (Lipinski definition) is 6. The predicted molar refractivity (Wildman–Crippen MR) is 130 cm³/mol.